The molecule has 1 aromatic carbocycles. The Bertz CT molecular complexity index is 351. The van der Waals surface area contributed by atoms with Crippen molar-refractivity contribution in [3.8, 4) is 0 Å². The summed E-state index contributed by atoms with van der Waals surface area (Å²) in [7, 11) is 0. The van der Waals surface area contributed by atoms with Crippen LogP contribution in [0, 0.1) is 0 Å². The molecule has 0 aromatic heterocycles. The van der Waals surface area contributed by atoms with Crippen LogP contribution in [-0.2, 0) is 0 Å². The number of benzene rings is 1. The summed E-state index contributed by atoms with van der Waals surface area (Å²) in [5, 5.41) is 0. The molecule has 0 radical (unpaired) electrons. The van der Waals surface area contributed by atoms with E-state index in [0.717, 1.165) is 12.8 Å². The van der Waals surface area contributed by atoms with E-state index in [0.29, 0.717) is 12.0 Å². The average molecular weight is 201 g/mol. The van der Waals surface area contributed by atoms with Crippen molar-refractivity contribution in [2.75, 3.05) is 0 Å². The monoisotopic (exact) mass is 201 g/mol. The molecule has 0 amide bonds. The Hall–Kier alpha value is -1.08. The first-order valence-electron chi connectivity index (χ1n) is 5.70. The highest BCUT2D eigenvalue weighted by molar-refractivity contribution is 5.55. The molecule has 1 saturated carbocycles. The topological polar surface area (TPSA) is 26.0 Å². The molecular weight excluding hydrogens is 182 g/mol. The Morgan fingerprint density at radius 2 is 1.80 bits per heavy atom. The smallest absolute Gasteiger partial charge is 0.0114 e. The van der Waals surface area contributed by atoms with Crippen molar-refractivity contribution in [3.05, 3.63) is 41.0 Å². The Balaban J connectivity index is 2.08. The van der Waals surface area contributed by atoms with Gasteiger partial charge in [-0.15, -0.1) is 0 Å². The standard InChI is InChI=1S/C14H19N/c1-10(2)13-5-3-11(4-6-13)7-12-8-14(15)9-12/h3-7,10,14H,8-9,15H2,1-2H3. The Kier molecular flexibility index (Phi) is 2.92. The lowest BCUT2D eigenvalue weighted by Gasteiger charge is -2.25. The third kappa shape index (κ3) is 2.48. The first-order chi connectivity index (χ1) is 7.15. The normalized spacial score (nSPS) is 20.3. The van der Waals surface area contributed by atoms with Gasteiger partial charge in [-0.25, -0.2) is 0 Å². The van der Waals surface area contributed by atoms with E-state index < -0.39 is 0 Å². The van der Waals surface area contributed by atoms with E-state index in [1.54, 1.807) is 0 Å². The summed E-state index contributed by atoms with van der Waals surface area (Å²) in [6.45, 7) is 4.44. The van der Waals surface area contributed by atoms with Crippen molar-refractivity contribution in [2.24, 2.45) is 5.73 Å². The van der Waals surface area contributed by atoms with Crippen LogP contribution in [0.1, 0.15) is 43.7 Å². The molecule has 0 aliphatic heterocycles. The molecule has 0 saturated heterocycles. The van der Waals surface area contributed by atoms with E-state index >= 15 is 0 Å². The van der Waals surface area contributed by atoms with Gasteiger partial charge in [-0.05, 0) is 29.9 Å². The summed E-state index contributed by atoms with van der Waals surface area (Å²) in [4.78, 5) is 0. The fourth-order valence-electron chi connectivity index (χ4n) is 1.94. The van der Waals surface area contributed by atoms with Crippen molar-refractivity contribution in [3.63, 3.8) is 0 Å². The van der Waals surface area contributed by atoms with E-state index in [-0.39, 0.29) is 0 Å². The van der Waals surface area contributed by atoms with Crippen LogP contribution in [-0.4, -0.2) is 6.04 Å². The van der Waals surface area contributed by atoms with Crippen LogP contribution < -0.4 is 5.73 Å². The number of hydrogen-bond donors (Lipinski definition) is 1. The lowest BCUT2D eigenvalue weighted by Crippen LogP contribution is -2.29. The predicted octanol–water partition coefficient (Wildman–Crippen LogP) is 3.31. The molecule has 1 heteroatoms. The van der Waals surface area contributed by atoms with E-state index in [1.807, 2.05) is 0 Å². The molecule has 1 nitrogen and oxygen atoms in total. The Morgan fingerprint density at radius 1 is 1.20 bits per heavy atom. The first kappa shape index (κ1) is 10.4. The number of hydrogen-bond acceptors (Lipinski definition) is 1. The fourth-order valence-corrected chi connectivity index (χ4v) is 1.94. The molecule has 0 bridgehead atoms. The number of nitrogens with two attached hydrogens (primary N) is 1. The van der Waals surface area contributed by atoms with E-state index in [9.17, 15) is 0 Å². The minimum atomic E-state index is 0.409. The van der Waals surface area contributed by atoms with Crippen LogP contribution in [0.3, 0.4) is 0 Å². The second-order valence-corrected chi connectivity index (χ2v) is 4.79. The van der Waals surface area contributed by atoms with E-state index in [4.69, 9.17) is 5.73 Å². The Labute approximate surface area is 92.0 Å². The van der Waals surface area contributed by atoms with Gasteiger partial charge in [0.15, 0.2) is 0 Å². The summed E-state index contributed by atoms with van der Waals surface area (Å²) >= 11 is 0. The van der Waals surface area contributed by atoms with Crippen LogP contribution in [0.25, 0.3) is 6.08 Å². The molecular formula is C14H19N. The maximum absolute atomic E-state index is 5.75. The highest BCUT2D eigenvalue weighted by atomic mass is 14.7. The molecule has 1 aromatic rings. The molecule has 1 aliphatic carbocycles. The van der Waals surface area contributed by atoms with Crippen molar-refractivity contribution < 1.29 is 0 Å². The molecule has 1 fully saturated rings. The molecule has 2 N–H and O–H groups in total. The quantitative estimate of drug-likeness (QED) is 0.780. The summed E-state index contributed by atoms with van der Waals surface area (Å²) in [6.07, 6.45) is 4.42. The van der Waals surface area contributed by atoms with Crippen molar-refractivity contribution >= 4 is 6.08 Å². The predicted molar refractivity (Wildman–Crippen MR) is 65.7 cm³/mol. The Morgan fingerprint density at radius 3 is 2.27 bits per heavy atom. The first-order valence-corrected chi connectivity index (χ1v) is 5.70. The summed E-state index contributed by atoms with van der Waals surface area (Å²) in [5.74, 6) is 0.615. The van der Waals surface area contributed by atoms with Gasteiger partial charge in [0.1, 0.15) is 0 Å². The van der Waals surface area contributed by atoms with E-state index in [1.165, 1.54) is 16.7 Å². The second-order valence-electron chi connectivity index (χ2n) is 4.79. The summed E-state index contributed by atoms with van der Waals surface area (Å²) in [5.41, 5.74) is 9.94. The second kappa shape index (κ2) is 4.19. The van der Waals surface area contributed by atoms with Gasteiger partial charge in [0.25, 0.3) is 0 Å². The highest BCUT2D eigenvalue weighted by Gasteiger charge is 2.17. The lowest BCUT2D eigenvalue weighted by molar-refractivity contribution is 0.547. The summed E-state index contributed by atoms with van der Waals surface area (Å²) < 4.78 is 0. The maximum Gasteiger partial charge on any atom is 0.0114 e. The zero-order valence-corrected chi connectivity index (χ0v) is 9.53. The highest BCUT2D eigenvalue weighted by Crippen LogP contribution is 2.27. The van der Waals surface area contributed by atoms with Crippen LogP contribution in [0.4, 0.5) is 0 Å². The van der Waals surface area contributed by atoms with Gasteiger partial charge in [0, 0.05) is 6.04 Å². The van der Waals surface area contributed by atoms with Gasteiger partial charge in [0.2, 0.25) is 0 Å². The number of rotatable bonds is 2. The molecule has 2 rings (SSSR count). The van der Waals surface area contributed by atoms with Crippen LogP contribution in [0.5, 0.6) is 0 Å². The third-order valence-electron chi connectivity index (χ3n) is 3.02. The van der Waals surface area contributed by atoms with Crippen LogP contribution in [0.15, 0.2) is 29.8 Å². The molecule has 0 atom stereocenters. The van der Waals surface area contributed by atoms with Crippen LogP contribution >= 0.6 is 0 Å². The van der Waals surface area contributed by atoms with Gasteiger partial charge >= 0.3 is 0 Å². The van der Waals surface area contributed by atoms with E-state index in [2.05, 4.69) is 44.2 Å². The average Bonchev–Trinajstić information content (AvgIpc) is 2.16. The van der Waals surface area contributed by atoms with Crippen molar-refractivity contribution in [1.82, 2.24) is 0 Å². The van der Waals surface area contributed by atoms with Gasteiger partial charge in [-0.2, -0.15) is 0 Å². The van der Waals surface area contributed by atoms with Crippen molar-refractivity contribution in [1.29, 1.82) is 0 Å². The van der Waals surface area contributed by atoms with Gasteiger partial charge in [-0.3, -0.25) is 0 Å². The third-order valence-corrected chi connectivity index (χ3v) is 3.02. The molecule has 0 heterocycles. The van der Waals surface area contributed by atoms with Gasteiger partial charge in [0.05, 0.1) is 0 Å². The maximum atomic E-state index is 5.75. The molecule has 1 aliphatic rings. The van der Waals surface area contributed by atoms with Crippen molar-refractivity contribution in [2.45, 2.75) is 38.6 Å². The molecule has 15 heavy (non-hydrogen) atoms. The van der Waals surface area contributed by atoms with Crippen LogP contribution in [0.2, 0.25) is 0 Å². The summed E-state index contributed by atoms with van der Waals surface area (Å²) in [6, 6.07) is 9.25. The largest absolute Gasteiger partial charge is 0.327 e. The molecule has 0 unspecified atom stereocenters. The SMILES string of the molecule is CC(C)c1ccc(C=C2CC(N)C2)cc1. The molecule has 80 valence electrons. The minimum absolute atomic E-state index is 0.409. The van der Waals surface area contributed by atoms with Gasteiger partial charge < -0.3 is 5.73 Å². The fraction of sp³-hybridized carbons (Fsp3) is 0.429. The minimum Gasteiger partial charge on any atom is -0.327 e. The lowest BCUT2D eigenvalue weighted by atomic mass is 9.86. The zero-order valence-electron chi connectivity index (χ0n) is 9.53. The molecule has 0 spiro atoms. The zero-order chi connectivity index (χ0) is 10.8. The van der Waals surface area contributed by atoms with Gasteiger partial charge in [-0.1, -0.05) is 49.8 Å².